The molecule has 0 aliphatic carbocycles. The van der Waals surface area contributed by atoms with Gasteiger partial charge in [0, 0.05) is 5.56 Å². The number of hydrogen-bond donors (Lipinski definition) is 2. The summed E-state index contributed by atoms with van der Waals surface area (Å²) in [6.07, 6.45) is 6.09. The van der Waals surface area contributed by atoms with Crippen LogP contribution in [0.5, 0.6) is 0 Å². The first-order valence-corrected chi connectivity index (χ1v) is 10.1. The first kappa shape index (κ1) is 24.9. The van der Waals surface area contributed by atoms with E-state index in [1.165, 1.54) is 0 Å². The van der Waals surface area contributed by atoms with E-state index in [-0.39, 0.29) is 5.78 Å². The molecule has 0 aromatic heterocycles. The second-order valence-electron chi connectivity index (χ2n) is 5.85. The predicted molar refractivity (Wildman–Crippen MR) is 99.1 cm³/mol. The van der Waals surface area contributed by atoms with Gasteiger partial charge in [-0.25, -0.2) is 0 Å². The van der Waals surface area contributed by atoms with Crippen molar-refractivity contribution in [3.05, 3.63) is 35.9 Å². The van der Waals surface area contributed by atoms with Crippen LogP contribution in [-0.2, 0) is 10.1 Å². The Hall–Kier alpha value is -1.06. The number of thiol groups is 1. The van der Waals surface area contributed by atoms with Crippen molar-refractivity contribution in [1.82, 2.24) is 0 Å². The molecule has 1 N–H and O–H groups in total. The summed E-state index contributed by atoms with van der Waals surface area (Å²) in [6, 6.07) is 9.56. The maximum atomic E-state index is 12.6. The molecule has 0 amide bonds. The van der Waals surface area contributed by atoms with Crippen LogP contribution in [0.2, 0.25) is 0 Å². The summed E-state index contributed by atoms with van der Waals surface area (Å²) in [7, 11) is -5.84. The van der Waals surface area contributed by atoms with Crippen LogP contribution in [0, 0.1) is 0 Å². The number of unbranched alkanes of at least 4 members (excludes halogenated alkanes) is 2. The second kappa shape index (κ2) is 10.9. The first-order chi connectivity index (χ1) is 11.9. The molecule has 1 aromatic carbocycles. The van der Waals surface area contributed by atoms with Crippen molar-refractivity contribution in [2.75, 3.05) is 0 Å². The van der Waals surface area contributed by atoms with Gasteiger partial charge >= 0.3 is 15.6 Å². The van der Waals surface area contributed by atoms with E-state index in [0.717, 1.165) is 44.1 Å². The third-order valence-electron chi connectivity index (χ3n) is 3.64. The van der Waals surface area contributed by atoms with Gasteiger partial charge in [-0.2, -0.15) is 34.2 Å². The number of Topliss-reactive ketones (excluding diaryl/α,β-unsaturated/α-hetero) is 1. The van der Waals surface area contributed by atoms with Crippen LogP contribution in [0.1, 0.15) is 62.7 Å². The SMILES string of the molecule is CCCCC(S)(CCCC)C(=O)c1ccccc1.O=S(=O)(O)C(F)(F)F. The highest BCUT2D eigenvalue weighted by molar-refractivity contribution is 7.86. The molecule has 0 saturated carbocycles. The molecule has 150 valence electrons. The largest absolute Gasteiger partial charge is 0.522 e. The molecule has 0 radical (unpaired) electrons. The lowest BCUT2D eigenvalue weighted by Crippen LogP contribution is -2.33. The van der Waals surface area contributed by atoms with Gasteiger partial charge in [-0.1, -0.05) is 69.9 Å². The van der Waals surface area contributed by atoms with Gasteiger partial charge < -0.3 is 0 Å². The van der Waals surface area contributed by atoms with Crippen molar-refractivity contribution in [2.24, 2.45) is 0 Å². The molecule has 4 nitrogen and oxygen atoms in total. The maximum Gasteiger partial charge on any atom is 0.522 e. The van der Waals surface area contributed by atoms with E-state index in [0.29, 0.717) is 0 Å². The van der Waals surface area contributed by atoms with Crippen molar-refractivity contribution in [3.8, 4) is 0 Å². The zero-order chi connectivity index (χ0) is 20.4. The lowest BCUT2D eigenvalue weighted by Gasteiger charge is -2.27. The molecular formula is C17H25F3O4S2. The average molecular weight is 415 g/mol. The maximum absolute atomic E-state index is 12.6. The molecule has 1 rings (SSSR count). The highest BCUT2D eigenvalue weighted by Crippen LogP contribution is 2.32. The molecule has 0 aliphatic rings. The van der Waals surface area contributed by atoms with E-state index < -0.39 is 20.4 Å². The first-order valence-electron chi connectivity index (χ1n) is 8.25. The Labute approximate surface area is 158 Å². The average Bonchev–Trinajstić information content (AvgIpc) is 2.57. The van der Waals surface area contributed by atoms with Gasteiger partial charge in [0.05, 0.1) is 4.75 Å². The van der Waals surface area contributed by atoms with Crippen molar-refractivity contribution < 1.29 is 30.9 Å². The van der Waals surface area contributed by atoms with Gasteiger partial charge in [0.2, 0.25) is 0 Å². The van der Waals surface area contributed by atoms with E-state index in [2.05, 4.69) is 13.8 Å². The van der Waals surface area contributed by atoms with Crippen LogP contribution in [0.25, 0.3) is 0 Å². The topological polar surface area (TPSA) is 71.4 Å². The van der Waals surface area contributed by atoms with E-state index in [4.69, 9.17) is 25.6 Å². The summed E-state index contributed by atoms with van der Waals surface area (Å²) in [5.74, 6) is 0.188. The van der Waals surface area contributed by atoms with Gasteiger partial charge in [-0.15, -0.1) is 0 Å². The summed E-state index contributed by atoms with van der Waals surface area (Å²) in [4.78, 5) is 12.6. The monoisotopic (exact) mass is 414 g/mol. The zero-order valence-corrected chi connectivity index (χ0v) is 16.5. The van der Waals surface area contributed by atoms with Crippen LogP contribution in [0.3, 0.4) is 0 Å². The minimum atomic E-state index is -5.84. The predicted octanol–water partition coefficient (Wildman–Crippen LogP) is 5.31. The molecule has 0 unspecified atom stereocenters. The molecule has 0 spiro atoms. The van der Waals surface area contributed by atoms with Gasteiger partial charge in [0.1, 0.15) is 0 Å². The van der Waals surface area contributed by atoms with Gasteiger partial charge in [-0.05, 0) is 12.8 Å². The lowest BCUT2D eigenvalue weighted by atomic mass is 9.87. The molecule has 0 aliphatic heterocycles. The summed E-state index contributed by atoms with van der Waals surface area (Å²) < 4.78 is 57.1. The van der Waals surface area contributed by atoms with Crippen molar-refractivity contribution >= 4 is 28.5 Å². The summed E-state index contributed by atoms with van der Waals surface area (Å²) in [5, 5.41) is 0. The Kier molecular flexibility index (Phi) is 10.5. The van der Waals surface area contributed by atoms with Crippen LogP contribution in [0.4, 0.5) is 13.2 Å². The summed E-state index contributed by atoms with van der Waals surface area (Å²) >= 11 is 4.74. The third kappa shape index (κ3) is 8.55. The lowest BCUT2D eigenvalue weighted by molar-refractivity contribution is -0.0510. The fourth-order valence-corrected chi connectivity index (χ4v) is 2.59. The van der Waals surface area contributed by atoms with E-state index >= 15 is 0 Å². The quantitative estimate of drug-likeness (QED) is 0.262. The third-order valence-corrected chi connectivity index (χ3v) is 4.87. The zero-order valence-electron chi connectivity index (χ0n) is 14.8. The minimum Gasteiger partial charge on any atom is -0.293 e. The molecule has 0 atom stereocenters. The smallest absolute Gasteiger partial charge is 0.293 e. The van der Waals surface area contributed by atoms with Gasteiger partial charge in [0.15, 0.2) is 5.78 Å². The molecule has 0 fully saturated rings. The Morgan fingerprint density at radius 3 is 1.73 bits per heavy atom. The van der Waals surface area contributed by atoms with Crippen LogP contribution >= 0.6 is 12.6 Å². The van der Waals surface area contributed by atoms with E-state index in [1.54, 1.807) is 0 Å². The number of halogens is 3. The fourth-order valence-electron chi connectivity index (χ4n) is 2.15. The summed E-state index contributed by atoms with van der Waals surface area (Å²) in [6.45, 7) is 4.31. The van der Waals surface area contributed by atoms with Gasteiger partial charge in [-0.3, -0.25) is 9.35 Å². The Bertz CT molecular complexity index is 636. The number of hydrogen-bond acceptors (Lipinski definition) is 4. The standard InChI is InChI=1S/C16H24OS.CHF3O3S/c1-3-5-12-16(18,13-6-4-2)15(17)14-10-8-7-9-11-14;2-1(3,4)8(5,6)7/h7-11,18H,3-6,12-13H2,1-2H3;(H,5,6,7). The number of alkyl halides is 3. The van der Waals surface area contributed by atoms with Crippen molar-refractivity contribution in [2.45, 2.75) is 62.6 Å². The number of carbonyl (C=O) groups is 1. The number of benzene rings is 1. The van der Waals surface area contributed by atoms with Crippen LogP contribution < -0.4 is 0 Å². The van der Waals surface area contributed by atoms with E-state index in [9.17, 15) is 18.0 Å². The molecule has 26 heavy (non-hydrogen) atoms. The number of rotatable bonds is 8. The molecule has 0 saturated heterocycles. The van der Waals surface area contributed by atoms with Crippen molar-refractivity contribution in [1.29, 1.82) is 0 Å². The normalized spacial score (nSPS) is 12.3. The summed E-state index contributed by atoms with van der Waals surface area (Å²) in [5.41, 5.74) is -4.74. The van der Waals surface area contributed by atoms with Crippen LogP contribution in [-0.4, -0.2) is 29.0 Å². The molecule has 0 heterocycles. The fraction of sp³-hybridized carbons (Fsp3) is 0.588. The minimum absolute atomic E-state index is 0.188. The Morgan fingerprint density at radius 1 is 1.04 bits per heavy atom. The highest BCUT2D eigenvalue weighted by Gasteiger charge is 2.44. The van der Waals surface area contributed by atoms with Crippen molar-refractivity contribution in [3.63, 3.8) is 0 Å². The van der Waals surface area contributed by atoms with Crippen LogP contribution in [0.15, 0.2) is 30.3 Å². The Balaban J connectivity index is 0.000000660. The molecular weight excluding hydrogens is 389 g/mol. The van der Waals surface area contributed by atoms with E-state index in [1.807, 2.05) is 30.3 Å². The molecule has 1 aromatic rings. The highest BCUT2D eigenvalue weighted by atomic mass is 32.2. The van der Waals surface area contributed by atoms with Gasteiger partial charge in [0.25, 0.3) is 0 Å². The molecule has 0 bridgehead atoms. The number of ketones is 1. The second-order valence-corrected chi connectivity index (χ2v) is 8.12. The Morgan fingerprint density at radius 2 is 1.42 bits per heavy atom. The molecule has 9 heteroatoms. The number of carbonyl (C=O) groups excluding carboxylic acids is 1.